The SMILES string of the molecule is Cn1cc(N2CC[C@@]3(CCN(Cc4cccnc4)C3)C2=O)cn1. The molecule has 6 heteroatoms. The molecule has 2 aromatic rings. The van der Waals surface area contributed by atoms with Crippen molar-refractivity contribution in [3.8, 4) is 0 Å². The van der Waals surface area contributed by atoms with Crippen LogP contribution in [0.1, 0.15) is 18.4 Å². The maximum absolute atomic E-state index is 13.0. The molecule has 0 saturated carbocycles. The van der Waals surface area contributed by atoms with Gasteiger partial charge in [-0.15, -0.1) is 0 Å². The van der Waals surface area contributed by atoms with Gasteiger partial charge >= 0.3 is 0 Å². The predicted octanol–water partition coefficient (Wildman–Crippen LogP) is 1.44. The highest BCUT2D eigenvalue weighted by molar-refractivity contribution is 6.00. The van der Waals surface area contributed by atoms with Crippen LogP contribution in [0.3, 0.4) is 0 Å². The van der Waals surface area contributed by atoms with Crippen molar-refractivity contribution < 1.29 is 4.79 Å². The molecule has 0 unspecified atom stereocenters. The molecule has 6 nitrogen and oxygen atoms in total. The minimum atomic E-state index is -0.210. The summed E-state index contributed by atoms with van der Waals surface area (Å²) in [4.78, 5) is 21.4. The van der Waals surface area contributed by atoms with Crippen LogP contribution in [-0.4, -0.2) is 45.2 Å². The summed E-state index contributed by atoms with van der Waals surface area (Å²) < 4.78 is 1.75. The van der Waals surface area contributed by atoms with Crippen LogP contribution in [0.4, 0.5) is 5.69 Å². The van der Waals surface area contributed by atoms with E-state index in [0.29, 0.717) is 0 Å². The molecule has 1 atom stereocenters. The van der Waals surface area contributed by atoms with E-state index in [4.69, 9.17) is 0 Å². The zero-order chi connectivity index (χ0) is 15.9. The smallest absolute Gasteiger partial charge is 0.234 e. The molecule has 120 valence electrons. The molecule has 2 aliphatic rings. The van der Waals surface area contributed by atoms with Crippen LogP contribution < -0.4 is 4.90 Å². The first-order chi connectivity index (χ1) is 11.2. The highest BCUT2D eigenvalue weighted by Crippen LogP contribution is 2.42. The summed E-state index contributed by atoms with van der Waals surface area (Å²) in [7, 11) is 1.88. The number of carbonyl (C=O) groups excluding carboxylic acids is 1. The van der Waals surface area contributed by atoms with Gasteiger partial charge in [-0.25, -0.2) is 0 Å². The lowest BCUT2D eigenvalue weighted by Crippen LogP contribution is -2.36. The van der Waals surface area contributed by atoms with Crippen molar-refractivity contribution in [1.29, 1.82) is 0 Å². The molecule has 0 bridgehead atoms. The molecule has 2 fully saturated rings. The molecular formula is C17H21N5O. The van der Waals surface area contributed by atoms with Crippen molar-refractivity contribution in [2.24, 2.45) is 12.5 Å². The Morgan fingerprint density at radius 1 is 1.26 bits per heavy atom. The molecular weight excluding hydrogens is 290 g/mol. The highest BCUT2D eigenvalue weighted by atomic mass is 16.2. The highest BCUT2D eigenvalue weighted by Gasteiger charge is 2.51. The second-order valence-electron chi connectivity index (χ2n) is 6.68. The van der Waals surface area contributed by atoms with Gasteiger partial charge in [-0.1, -0.05) is 6.07 Å². The third-order valence-corrected chi connectivity index (χ3v) is 5.08. The van der Waals surface area contributed by atoms with E-state index in [9.17, 15) is 4.79 Å². The van der Waals surface area contributed by atoms with Crippen LogP contribution in [-0.2, 0) is 18.4 Å². The van der Waals surface area contributed by atoms with Gasteiger partial charge in [0, 0.05) is 45.3 Å². The Bertz CT molecular complexity index is 713. The summed E-state index contributed by atoms with van der Waals surface area (Å²) >= 11 is 0. The molecule has 0 aromatic carbocycles. The Morgan fingerprint density at radius 2 is 2.13 bits per heavy atom. The van der Waals surface area contributed by atoms with Gasteiger partial charge in [0.1, 0.15) is 0 Å². The molecule has 4 rings (SSSR count). The summed E-state index contributed by atoms with van der Waals surface area (Å²) in [5.41, 5.74) is 1.91. The van der Waals surface area contributed by atoms with Crippen LogP contribution in [0.5, 0.6) is 0 Å². The standard InChI is InChI=1S/C17H21N5O/c1-20-12-15(10-19-20)22-8-5-17(16(22)23)4-7-21(13-17)11-14-3-2-6-18-9-14/h2-3,6,9-10,12H,4-5,7-8,11,13H2,1H3/t17-/m1/s1. The summed E-state index contributed by atoms with van der Waals surface area (Å²) in [6.45, 7) is 3.49. The normalized spacial score (nSPS) is 24.9. The Hall–Kier alpha value is -2.21. The molecule has 1 spiro atoms. The number of aryl methyl sites for hydroxylation is 1. The van der Waals surface area contributed by atoms with E-state index in [1.165, 1.54) is 5.56 Å². The summed E-state index contributed by atoms with van der Waals surface area (Å²) in [5, 5.41) is 4.19. The zero-order valence-corrected chi connectivity index (χ0v) is 13.4. The number of rotatable bonds is 3. The van der Waals surface area contributed by atoms with E-state index in [1.807, 2.05) is 30.4 Å². The number of hydrogen-bond donors (Lipinski definition) is 0. The van der Waals surface area contributed by atoms with E-state index in [2.05, 4.69) is 21.0 Å². The van der Waals surface area contributed by atoms with Crippen molar-refractivity contribution in [3.63, 3.8) is 0 Å². The minimum Gasteiger partial charge on any atom is -0.309 e. The fraction of sp³-hybridized carbons (Fsp3) is 0.471. The van der Waals surface area contributed by atoms with Crippen molar-refractivity contribution >= 4 is 11.6 Å². The number of amides is 1. The first kappa shape index (κ1) is 14.4. The monoisotopic (exact) mass is 311 g/mol. The Kier molecular flexibility index (Phi) is 3.41. The average molecular weight is 311 g/mol. The van der Waals surface area contributed by atoms with Gasteiger partial charge in [0.25, 0.3) is 0 Å². The first-order valence-corrected chi connectivity index (χ1v) is 8.08. The quantitative estimate of drug-likeness (QED) is 0.861. The zero-order valence-electron chi connectivity index (χ0n) is 13.4. The molecule has 2 aliphatic heterocycles. The van der Waals surface area contributed by atoms with Crippen molar-refractivity contribution in [2.45, 2.75) is 19.4 Å². The van der Waals surface area contributed by atoms with Gasteiger partial charge < -0.3 is 4.90 Å². The number of nitrogens with zero attached hydrogens (tertiary/aromatic N) is 5. The number of carbonyl (C=O) groups is 1. The van der Waals surface area contributed by atoms with Crippen LogP contribution in [0.2, 0.25) is 0 Å². The van der Waals surface area contributed by atoms with Crippen molar-refractivity contribution in [3.05, 3.63) is 42.5 Å². The Balaban J connectivity index is 1.47. The number of likely N-dealkylation sites (tertiary alicyclic amines) is 1. The number of anilines is 1. The average Bonchev–Trinajstić information content (AvgIpc) is 3.23. The molecule has 2 aromatic heterocycles. The van der Waals surface area contributed by atoms with Crippen molar-refractivity contribution in [1.82, 2.24) is 19.7 Å². The predicted molar refractivity (Wildman–Crippen MR) is 86.7 cm³/mol. The van der Waals surface area contributed by atoms with E-state index in [0.717, 1.165) is 44.7 Å². The molecule has 0 radical (unpaired) electrons. The van der Waals surface area contributed by atoms with Gasteiger partial charge in [-0.05, 0) is 31.0 Å². The summed E-state index contributed by atoms with van der Waals surface area (Å²) in [5.74, 6) is 0.263. The fourth-order valence-corrected chi connectivity index (χ4v) is 3.84. The van der Waals surface area contributed by atoms with Crippen LogP contribution in [0.15, 0.2) is 36.9 Å². The van der Waals surface area contributed by atoms with Crippen LogP contribution >= 0.6 is 0 Å². The molecule has 0 aliphatic carbocycles. The third kappa shape index (κ3) is 2.53. The van der Waals surface area contributed by atoms with E-state index in [1.54, 1.807) is 17.1 Å². The Morgan fingerprint density at radius 3 is 2.87 bits per heavy atom. The van der Waals surface area contributed by atoms with Gasteiger partial charge in [0.05, 0.1) is 17.3 Å². The molecule has 23 heavy (non-hydrogen) atoms. The number of hydrogen-bond acceptors (Lipinski definition) is 4. The lowest BCUT2D eigenvalue weighted by Gasteiger charge is -2.23. The van der Waals surface area contributed by atoms with E-state index < -0.39 is 0 Å². The lowest BCUT2D eigenvalue weighted by molar-refractivity contribution is -0.125. The van der Waals surface area contributed by atoms with E-state index in [-0.39, 0.29) is 11.3 Å². The third-order valence-electron chi connectivity index (χ3n) is 5.08. The number of aromatic nitrogens is 3. The molecule has 0 N–H and O–H groups in total. The summed E-state index contributed by atoms with van der Waals surface area (Å²) in [6, 6.07) is 4.06. The van der Waals surface area contributed by atoms with E-state index >= 15 is 0 Å². The molecule has 4 heterocycles. The maximum atomic E-state index is 13.0. The fourth-order valence-electron chi connectivity index (χ4n) is 3.84. The van der Waals surface area contributed by atoms with Crippen LogP contribution in [0, 0.1) is 5.41 Å². The Labute approximate surface area is 135 Å². The lowest BCUT2D eigenvalue weighted by atomic mass is 9.85. The van der Waals surface area contributed by atoms with Crippen LogP contribution in [0.25, 0.3) is 0 Å². The number of pyridine rings is 1. The topological polar surface area (TPSA) is 54.3 Å². The van der Waals surface area contributed by atoms with Crippen molar-refractivity contribution in [2.75, 3.05) is 24.5 Å². The maximum Gasteiger partial charge on any atom is 0.234 e. The second-order valence-corrected chi connectivity index (χ2v) is 6.68. The van der Waals surface area contributed by atoms with Gasteiger partial charge in [0.15, 0.2) is 0 Å². The molecule has 2 saturated heterocycles. The summed E-state index contributed by atoms with van der Waals surface area (Å²) in [6.07, 6.45) is 9.27. The first-order valence-electron chi connectivity index (χ1n) is 8.08. The second kappa shape index (κ2) is 5.45. The largest absolute Gasteiger partial charge is 0.309 e. The minimum absolute atomic E-state index is 0.210. The molecule has 1 amide bonds. The van der Waals surface area contributed by atoms with Gasteiger partial charge in [0.2, 0.25) is 5.91 Å². The van der Waals surface area contributed by atoms with Gasteiger partial charge in [-0.2, -0.15) is 5.10 Å². The van der Waals surface area contributed by atoms with Gasteiger partial charge in [-0.3, -0.25) is 19.4 Å².